The Bertz CT molecular complexity index is 1580. The Hall–Kier alpha value is -3.35. The van der Waals surface area contributed by atoms with Gasteiger partial charge >= 0.3 is 7.25 Å². The molecule has 0 bridgehead atoms. The van der Waals surface area contributed by atoms with Gasteiger partial charge in [-0.2, -0.15) is 4.58 Å². The molecule has 52 heavy (non-hydrogen) atoms. The lowest BCUT2D eigenvalue weighted by Gasteiger charge is -2.32. The van der Waals surface area contributed by atoms with Crippen molar-refractivity contribution in [1.29, 1.82) is 0 Å². The average Bonchev–Trinajstić information content (AvgIpc) is 3.52. The van der Waals surface area contributed by atoms with Crippen LogP contribution in [0.25, 0.3) is 0 Å². The monoisotopic (exact) mass is 721 g/mol. The van der Waals surface area contributed by atoms with Gasteiger partial charge in [-0.1, -0.05) is 133 Å². The van der Waals surface area contributed by atoms with Gasteiger partial charge in [0.05, 0.1) is 5.41 Å². The van der Waals surface area contributed by atoms with E-state index in [-0.39, 0.29) is 10.8 Å². The van der Waals surface area contributed by atoms with Crippen LogP contribution in [0.1, 0.15) is 141 Å². The lowest BCUT2D eigenvalue weighted by molar-refractivity contribution is -0.438. The number of fused-ring (bicyclic) bond motifs is 2. The number of halogens is 4. The highest BCUT2D eigenvalue weighted by Crippen LogP contribution is 2.52. The molecule has 0 amide bonds. The molecule has 4 rings (SSSR count). The molecule has 0 saturated carbocycles. The van der Waals surface area contributed by atoms with Crippen molar-refractivity contribution in [3.63, 3.8) is 0 Å². The normalized spacial score (nSPS) is 17.2. The lowest BCUT2D eigenvalue weighted by atomic mass is 9.73. The van der Waals surface area contributed by atoms with E-state index in [1.165, 1.54) is 96.4 Å². The molecule has 2 aliphatic heterocycles. The molecule has 2 nitrogen and oxygen atoms in total. The van der Waals surface area contributed by atoms with Crippen LogP contribution in [0.4, 0.5) is 28.6 Å². The van der Waals surface area contributed by atoms with Gasteiger partial charge in [0, 0.05) is 47.5 Å². The van der Waals surface area contributed by atoms with Crippen LogP contribution in [0.15, 0.2) is 84.6 Å². The molecule has 7 heteroatoms. The van der Waals surface area contributed by atoms with Gasteiger partial charge in [-0.05, 0) is 76.1 Å². The Labute approximate surface area is 313 Å². The minimum Gasteiger partial charge on any atom is -0.418 e. The summed E-state index contributed by atoms with van der Waals surface area (Å²) in [5.74, 6) is 0. The quantitative estimate of drug-likeness (QED) is 0.0489. The van der Waals surface area contributed by atoms with Crippen LogP contribution in [0.5, 0.6) is 0 Å². The zero-order valence-corrected chi connectivity index (χ0v) is 33.4. The molecule has 0 aromatic heterocycles. The average molecular weight is 721 g/mol. The van der Waals surface area contributed by atoms with Crippen LogP contribution in [-0.4, -0.2) is 30.6 Å². The minimum absolute atomic E-state index is 0.0801. The second-order valence-corrected chi connectivity index (χ2v) is 14.6. The first-order valence-corrected chi connectivity index (χ1v) is 20.1. The molecule has 0 fully saturated rings. The second-order valence-electron chi connectivity index (χ2n) is 14.6. The lowest BCUT2D eigenvalue weighted by Crippen LogP contribution is -2.33. The Balaban J connectivity index is 0.00000136. The highest BCUT2D eigenvalue weighted by atomic mass is 19.5. The zero-order valence-electron chi connectivity index (χ0n) is 33.4. The molecule has 2 aliphatic rings. The number of hydrogen-bond acceptors (Lipinski definition) is 1. The first-order chi connectivity index (χ1) is 24.9. The Morgan fingerprint density at radius 1 is 0.635 bits per heavy atom. The van der Waals surface area contributed by atoms with Gasteiger partial charge in [-0.25, -0.2) is 0 Å². The summed E-state index contributed by atoms with van der Waals surface area (Å²) >= 11 is 0. The third-order valence-corrected chi connectivity index (χ3v) is 11.3. The van der Waals surface area contributed by atoms with Gasteiger partial charge in [0.15, 0.2) is 5.71 Å². The van der Waals surface area contributed by atoms with Gasteiger partial charge in [0.25, 0.3) is 0 Å². The van der Waals surface area contributed by atoms with E-state index in [1.807, 2.05) is 0 Å². The molecule has 0 saturated heterocycles. The maximum absolute atomic E-state index is 9.75. The Kier molecular flexibility index (Phi) is 16.7. The number of allylic oxidation sites excluding steroid dienone is 8. The van der Waals surface area contributed by atoms with E-state index in [0.29, 0.717) is 0 Å². The molecule has 286 valence electrons. The summed E-state index contributed by atoms with van der Waals surface area (Å²) in [7, 11) is -6.00. The van der Waals surface area contributed by atoms with Crippen LogP contribution in [0.3, 0.4) is 0 Å². The van der Waals surface area contributed by atoms with Gasteiger partial charge in [-0.3, -0.25) is 0 Å². The van der Waals surface area contributed by atoms with Gasteiger partial charge < -0.3 is 22.2 Å². The molecule has 2 heterocycles. The summed E-state index contributed by atoms with van der Waals surface area (Å²) in [6.07, 6.45) is 30.8. The summed E-state index contributed by atoms with van der Waals surface area (Å²) < 4.78 is 41.6. The van der Waals surface area contributed by atoms with Crippen LogP contribution in [-0.2, 0) is 10.8 Å². The maximum Gasteiger partial charge on any atom is 0.673 e. The van der Waals surface area contributed by atoms with Crippen LogP contribution in [0.2, 0.25) is 0 Å². The SMILES string of the molecule is CCCCCCN1\C(=C/C=C/C=C/C=C/C2=[N+](CCCCCC)c3ccc(C)cc3C2(CC)CC)C(CC)(CC)c2cc(C)ccc21.F[B-](F)(F)F. The number of hydrogen-bond donors (Lipinski definition) is 0. The third kappa shape index (κ3) is 10.4. The van der Waals surface area contributed by atoms with Crippen molar-refractivity contribution in [2.24, 2.45) is 0 Å². The van der Waals surface area contributed by atoms with Crippen molar-refractivity contribution in [1.82, 2.24) is 0 Å². The van der Waals surface area contributed by atoms with E-state index >= 15 is 0 Å². The van der Waals surface area contributed by atoms with E-state index in [9.17, 15) is 17.3 Å². The van der Waals surface area contributed by atoms with E-state index in [2.05, 4.69) is 144 Å². The largest absolute Gasteiger partial charge is 0.673 e. The van der Waals surface area contributed by atoms with Crippen LogP contribution < -0.4 is 4.90 Å². The predicted molar refractivity (Wildman–Crippen MR) is 218 cm³/mol. The molecule has 0 spiro atoms. The smallest absolute Gasteiger partial charge is 0.418 e. The molecule has 0 N–H and O–H groups in total. The number of benzene rings is 2. The predicted octanol–water partition coefficient (Wildman–Crippen LogP) is 14.1. The summed E-state index contributed by atoms with van der Waals surface area (Å²) in [5.41, 5.74) is 11.7. The number of nitrogens with zero attached hydrogens (tertiary/aromatic N) is 2. The first-order valence-electron chi connectivity index (χ1n) is 20.1. The number of rotatable bonds is 18. The van der Waals surface area contributed by atoms with E-state index in [0.717, 1.165) is 38.8 Å². The topological polar surface area (TPSA) is 6.25 Å². The zero-order chi connectivity index (χ0) is 38.4. The molecule has 0 atom stereocenters. The molecular formula is C45H65BF4N2. The molecule has 0 aliphatic carbocycles. The van der Waals surface area contributed by atoms with Crippen LogP contribution >= 0.6 is 0 Å². The number of anilines is 1. The minimum atomic E-state index is -6.00. The molecule has 2 aromatic rings. The number of aryl methyl sites for hydroxylation is 2. The van der Waals surface area contributed by atoms with Crippen LogP contribution in [0, 0.1) is 13.8 Å². The van der Waals surface area contributed by atoms with Gasteiger partial charge in [-0.15, -0.1) is 0 Å². The molecule has 0 unspecified atom stereocenters. The van der Waals surface area contributed by atoms with E-state index < -0.39 is 7.25 Å². The standard InChI is InChI=1S/C45H65N2.BF4/c1-9-15-17-24-32-46-40-30-28-36(7)34-38(40)44(11-3,12-4)42(46)26-22-20-19-21-23-27-43-45(13-5,14-6)39-35-37(8)29-31-41(39)47(43)33-25-18-16-10-2;2-1(3,4)5/h19-23,26-31,34-35H,9-18,24-25,32-33H2,1-8H3;/q+1;-1. The van der Waals surface area contributed by atoms with Gasteiger partial charge in [0.2, 0.25) is 5.69 Å². The maximum atomic E-state index is 9.75. The molecule has 2 aromatic carbocycles. The third-order valence-electron chi connectivity index (χ3n) is 11.3. The fourth-order valence-corrected chi connectivity index (χ4v) is 8.44. The molecular weight excluding hydrogens is 655 g/mol. The Morgan fingerprint density at radius 2 is 1.17 bits per heavy atom. The number of unbranched alkanes of at least 4 members (excludes halogenated alkanes) is 6. The van der Waals surface area contributed by atoms with Crippen molar-refractivity contribution >= 4 is 24.3 Å². The van der Waals surface area contributed by atoms with Crippen molar-refractivity contribution in [2.75, 3.05) is 18.0 Å². The fourth-order valence-electron chi connectivity index (χ4n) is 8.44. The summed E-state index contributed by atoms with van der Waals surface area (Å²) in [6, 6.07) is 14.2. The Morgan fingerprint density at radius 3 is 1.77 bits per heavy atom. The summed E-state index contributed by atoms with van der Waals surface area (Å²) in [5, 5.41) is 0. The van der Waals surface area contributed by atoms with E-state index in [1.54, 1.807) is 0 Å². The summed E-state index contributed by atoms with van der Waals surface area (Å²) in [4.78, 5) is 2.64. The summed E-state index contributed by atoms with van der Waals surface area (Å²) in [6.45, 7) is 20.8. The van der Waals surface area contributed by atoms with Gasteiger partial charge in [0.1, 0.15) is 6.54 Å². The van der Waals surface area contributed by atoms with E-state index in [4.69, 9.17) is 0 Å². The fraction of sp³-hybridized carbons (Fsp3) is 0.533. The van der Waals surface area contributed by atoms with Crippen molar-refractivity contribution in [2.45, 2.75) is 143 Å². The van der Waals surface area contributed by atoms with Crippen molar-refractivity contribution in [3.05, 3.63) is 107 Å². The first kappa shape index (κ1) is 43.1. The highest BCUT2D eigenvalue weighted by Gasteiger charge is 2.48. The molecule has 0 radical (unpaired) electrons. The second kappa shape index (κ2) is 20.2. The highest BCUT2D eigenvalue weighted by molar-refractivity contribution is 6.50. The van der Waals surface area contributed by atoms with Crippen molar-refractivity contribution < 1.29 is 21.8 Å². The van der Waals surface area contributed by atoms with Crippen molar-refractivity contribution in [3.8, 4) is 0 Å².